The first-order valence-corrected chi connectivity index (χ1v) is 7.74. The van der Waals surface area contributed by atoms with Gasteiger partial charge < -0.3 is 4.84 Å². The van der Waals surface area contributed by atoms with E-state index in [4.69, 9.17) is 16.5 Å². The average molecular weight is 333 g/mol. The highest BCUT2D eigenvalue weighted by molar-refractivity contribution is 5.92. The highest BCUT2D eigenvalue weighted by Crippen LogP contribution is 2.23. The third-order valence-electron chi connectivity index (χ3n) is 3.29. The number of hydrogen-bond acceptors (Lipinski definition) is 5. The zero-order chi connectivity index (χ0) is 18.3. The number of urea groups is 1. The minimum absolute atomic E-state index is 0.199. The Balaban J connectivity index is 2.92. The lowest BCUT2D eigenvalue weighted by Crippen LogP contribution is -2.49. The number of aryl methyl sites for hydroxylation is 1. The molecule has 0 spiro atoms. The second-order valence-electron chi connectivity index (χ2n) is 5.95. The molecule has 0 aliphatic carbocycles. The maximum absolute atomic E-state index is 12.0. The SMILES string of the molecule is CC(/C=C/C(C)C)=NOCc1c(C)cccc1N(N)C(=O)N(C)N. The van der Waals surface area contributed by atoms with E-state index in [1.807, 2.05) is 38.1 Å². The molecule has 1 rings (SSSR count). The molecule has 0 aliphatic rings. The van der Waals surface area contributed by atoms with E-state index >= 15 is 0 Å². The van der Waals surface area contributed by atoms with E-state index in [1.165, 1.54) is 7.05 Å². The molecule has 0 unspecified atom stereocenters. The Labute approximate surface area is 143 Å². The second kappa shape index (κ2) is 9.05. The van der Waals surface area contributed by atoms with Crippen LogP contribution in [0.15, 0.2) is 35.5 Å². The van der Waals surface area contributed by atoms with Crippen LogP contribution in [0.1, 0.15) is 31.9 Å². The smallest absolute Gasteiger partial charge is 0.352 e. The van der Waals surface area contributed by atoms with Gasteiger partial charge in [0.2, 0.25) is 0 Å². The lowest BCUT2D eigenvalue weighted by atomic mass is 10.1. The van der Waals surface area contributed by atoms with E-state index in [1.54, 1.807) is 6.07 Å². The minimum atomic E-state index is -0.526. The molecule has 7 nitrogen and oxygen atoms in total. The molecule has 0 aromatic heterocycles. The summed E-state index contributed by atoms with van der Waals surface area (Å²) in [7, 11) is 1.43. The number of benzene rings is 1. The quantitative estimate of drug-likeness (QED) is 0.362. The molecule has 2 amide bonds. The molecule has 4 N–H and O–H groups in total. The van der Waals surface area contributed by atoms with E-state index in [0.29, 0.717) is 11.6 Å². The molecule has 0 atom stereocenters. The van der Waals surface area contributed by atoms with Gasteiger partial charge in [0.1, 0.15) is 6.61 Å². The van der Waals surface area contributed by atoms with Crippen LogP contribution in [0, 0.1) is 12.8 Å². The van der Waals surface area contributed by atoms with Gasteiger partial charge in [-0.2, -0.15) is 0 Å². The van der Waals surface area contributed by atoms with Gasteiger partial charge in [0.15, 0.2) is 0 Å². The van der Waals surface area contributed by atoms with Crippen LogP contribution in [-0.2, 0) is 11.4 Å². The Morgan fingerprint density at radius 2 is 2.04 bits per heavy atom. The van der Waals surface area contributed by atoms with Crippen molar-refractivity contribution in [3.05, 3.63) is 41.5 Å². The molecule has 0 heterocycles. The van der Waals surface area contributed by atoms with Gasteiger partial charge in [0.05, 0.1) is 11.4 Å². The topological polar surface area (TPSA) is 97.2 Å². The van der Waals surface area contributed by atoms with Crippen LogP contribution in [0.25, 0.3) is 0 Å². The zero-order valence-corrected chi connectivity index (χ0v) is 15.0. The number of hydrazine groups is 2. The summed E-state index contributed by atoms with van der Waals surface area (Å²) >= 11 is 0. The van der Waals surface area contributed by atoms with Crippen molar-refractivity contribution in [3.8, 4) is 0 Å². The largest absolute Gasteiger partial charge is 0.391 e. The number of allylic oxidation sites excluding steroid dienone is 2. The van der Waals surface area contributed by atoms with Crippen LogP contribution < -0.4 is 16.7 Å². The van der Waals surface area contributed by atoms with E-state index in [2.05, 4.69) is 19.0 Å². The van der Waals surface area contributed by atoms with Crippen LogP contribution in [0.3, 0.4) is 0 Å². The summed E-state index contributed by atoms with van der Waals surface area (Å²) in [6.07, 6.45) is 3.95. The predicted octanol–water partition coefficient (Wildman–Crippen LogP) is 2.71. The molecule has 0 radical (unpaired) electrons. The Kier molecular flexibility index (Phi) is 7.41. The standard InChI is InChI=1S/C17H27N5O2/c1-12(2)9-10-14(4)20-24-11-15-13(3)7-6-8-16(15)22(19)17(23)21(5)18/h6-10,12H,11,18-19H2,1-5H3/b10-9+,20-14?. The lowest BCUT2D eigenvalue weighted by Gasteiger charge is -2.23. The maximum Gasteiger partial charge on any atom is 0.352 e. The number of hydrogen-bond donors (Lipinski definition) is 2. The molecule has 132 valence electrons. The number of anilines is 1. The Morgan fingerprint density at radius 3 is 2.62 bits per heavy atom. The second-order valence-corrected chi connectivity index (χ2v) is 5.95. The number of carbonyl (C=O) groups is 1. The summed E-state index contributed by atoms with van der Waals surface area (Å²) in [4.78, 5) is 17.4. The first-order valence-electron chi connectivity index (χ1n) is 7.74. The van der Waals surface area contributed by atoms with Crippen molar-refractivity contribution in [1.29, 1.82) is 0 Å². The molecule has 1 aromatic rings. The fourth-order valence-corrected chi connectivity index (χ4v) is 1.93. The van der Waals surface area contributed by atoms with Crippen molar-refractivity contribution >= 4 is 17.4 Å². The van der Waals surface area contributed by atoms with E-state index < -0.39 is 6.03 Å². The summed E-state index contributed by atoms with van der Waals surface area (Å²) in [5.41, 5.74) is 3.02. The first kappa shape index (κ1) is 19.7. The van der Waals surface area contributed by atoms with Gasteiger partial charge >= 0.3 is 6.03 Å². The van der Waals surface area contributed by atoms with Crippen LogP contribution >= 0.6 is 0 Å². The highest BCUT2D eigenvalue weighted by atomic mass is 16.6. The summed E-state index contributed by atoms with van der Waals surface area (Å²) in [6, 6.07) is 4.95. The number of amides is 2. The fourth-order valence-electron chi connectivity index (χ4n) is 1.93. The fraction of sp³-hybridized carbons (Fsp3) is 0.412. The minimum Gasteiger partial charge on any atom is -0.391 e. The summed E-state index contributed by atoms with van der Waals surface area (Å²) in [6.45, 7) is 8.16. The monoisotopic (exact) mass is 333 g/mol. The molecule has 0 bridgehead atoms. The highest BCUT2D eigenvalue weighted by Gasteiger charge is 2.18. The lowest BCUT2D eigenvalue weighted by molar-refractivity contribution is 0.130. The molecule has 24 heavy (non-hydrogen) atoms. The Bertz CT molecular complexity index is 623. The van der Waals surface area contributed by atoms with E-state index in [9.17, 15) is 4.79 Å². The summed E-state index contributed by atoms with van der Waals surface area (Å²) in [5.74, 6) is 11.8. The van der Waals surface area contributed by atoms with Gasteiger partial charge in [-0.15, -0.1) is 0 Å². The van der Waals surface area contributed by atoms with Crippen molar-refractivity contribution in [3.63, 3.8) is 0 Å². The van der Waals surface area contributed by atoms with Crippen molar-refractivity contribution in [1.82, 2.24) is 5.01 Å². The number of oxime groups is 1. The maximum atomic E-state index is 12.0. The average Bonchev–Trinajstić information content (AvgIpc) is 2.52. The Hall–Kier alpha value is -2.38. The molecular formula is C17H27N5O2. The van der Waals surface area contributed by atoms with Crippen LogP contribution in [-0.4, -0.2) is 23.8 Å². The third kappa shape index (κ3) is 5.68. The molecular weight excluding hydrogens is 306 g/mol. The van der Waals surface area contributed by atoms with Gasteiger partial charge in [-0.1, -0.05) is 37.2 Å². The van der Waals surface area contributed by atoms with Crippen LogP contribution in [0.2, 0.25) is 0 Å². The van der Waals surface area contributed by atoms with Crippen LogP contribution in [0.5, 0.6) is 0 Å². The van der Waals surface area contributed by atoms with Crippen molar-refractivity contribution < 1.29 is 9.63 Å². The van der Waals surface area contributed by atoms with Gasteiger partial charge in [-0.05, 0) is 37.5 Å². The summed E-state index contributed by atoms with van der Waals surface area (Å²) < 4.78 is 0. The molecule has 0 fully saturated rings. The first-order chi connectivity index (χ1) is 11.2. The van der Waals surface area contributed by atoms with E-state index in [0.717, 1.165) is 26.9 Å². The molecule has 0 saturated heterocycles. The van der Waals surface area contributed by atoms with Gasteiger partial charge in [-0.3, -0.25) is 5.01 Å². The zero-order valence-electron chi connectivity index (χ0n) is 15.0. The third-order valence-corrected chi connectivity index (χ3v) is 3.29. The number of nitrogens with two attached hydrogens (primary N) is 2. The summed E-state index contributed by atoms with van der Waals surface area (Å²) in [5, 5.41) is 5.99. The predicted molar refractivity (Wildman–Crippen MR) is 97.1 cm³/mol. The normalized spacial score (nSPS) is 11.9. The Morgan fingerprint density at radius 1 is 1.38 bits per heavy atom. The molecule has 0 saturated carbocycles. The number of nitrogens with zero attached hydrogens (tertiary/aromatic N) is 3. The van der Waals surface area contributed by atoms with Crippen molar-refractivity contribution in [2.75, 3.05) is 12.1 Å². The van der Waals surface area contributed by atoms with Gasteiger partial charge in [0, 0.05) is 12.6 Å². The molecule has 1 aromatic carbocycles. The van der Waals surface area contributed by atoms with Gasteiger partial charge in [0.25, 0.3) is 0 Å². The van der Waals surface area contributed by atoms with Crippen molar-refractivity contribution in [2.24, 2.45) is 22.8 Å². The molecule has 7 heteroatoms. The molecule has 0 aliphatic heterocycles. The number of rotatable bonds is 6. The van der Waals surface area contributed by atoms with E-state index in [-0.39, 0.29) is 6.61 Å². The number of carbonyl (C=O) groups excluding carboxylic acids is 1. The van der Waals surface area contributed by atoms with Crippen molar-refractivity contribution in [2.45, 2.75) is 34.3 Å². The van der Waals surface area contributed by atoms with Crippen LogP contribution in [0.4, 0.5) is 10.5 Å². The van der Waals surface area contributed by atoms with Gasteiger partial charge in [-0.25, -0.2) is 21.5 Å².